The Hall–Kier alpha value is -3.78. The van der Waals surface area contributed by atoms with Crippen molar-refractivity contribution in [3.63, 3.8) is 0 Å². The molecule has 28 heavy (non-hydrogen) atoms. The lowest BCUT2D eigenvalue weighted by molar-refractivity contribution is 0.144. The Balaban J connectivity index is 1.35. The van der Waals surface area contributed by atoms with E-state index < -0.39 is 6.09 Å². The molecule has 1 heterocycles. The number of amides is 1. The number of aromatic hydroxyl groups is 1. The number of fused-ring (bicyclic) bond motifs is 3. The molecule has 0 fully saturated rings. The van der Waals surface area contributed by atoms with E-state index in [-0.39, 0.29) is 24.8 Å². The summed E-state index contributed by atoms with van der Waals surface area (Å²) in [6.07, 6.45) is 0.818. The number of rotatable bonds is 3. The molecule has 5 heteroatoms. The second-order valence-corrected chi connectivity index (χ2v) is 6.38. The first-order valence-corrected chi connectivity index (χ1v) is 8.95. The van der Waals surface area contributed by atoms with Crippen LogP contribution in [0, 0.1) is 11.8 Å². The first-order valence-electron chi connectivity index (χ1n) is 8.95. The van der Waals surface area contributed by atoms with Crippen LogP contribution in [0.25, 0.3) is 11.1 Å². The Kier molecular flexibility index (Phi) is 4.94. The van der Waals surface area contributed by atoms with E-state index in [0.717, 1.165) is 0 Å². The number of aromatic nitrogens is 1. The van der Waals surface area contributed by atoms with Gasteiger partial charge in [0.05, 0.1) is 12.7 Å². The van der Waals surface area contributed by atoms with Crippen LogP contribution in [0.1, 0.15) is 22.7 Å². The van der Waals surface area contributed by atoms with Gasteiger partial charge in [0.15, 0.2) is 0 Å². The van der Waals surface area contributed by atoms with Gasteiger partial charge in [-0.3, -0.25) is 0 Å². The molecule has 0 saturated carbocycles. The largest absolute Gasteiger partial charge is 0.506 e. The Morgan fingerprint density at radius 1 is 1.04 bits per heavy atom. The fourth-order valence-electron chi connectivity index (χ4n) is 3.36. The number of hydrogen-bond acceptors (Lipinski definition) is 4. The van der Waals surface area contributed by atoms with Gasteiger partial charge >= 0.3 is 6.09 Å². The molecule has 0 bridgehead atoms. The number of carbonyl (C=O) groups excluding carboxylic acids is 1. The average Bonchev–Trinajstić information content (AvgIpc) is 3.05. The van der Waals surface area contributed by atoms with Crippen LogP contribution in [0.15, 0.2) is 66.9 Å². The van der Waals surface area contributed by atoms with Crippen molar-refractivity contribution in [3.05, 3.63) is 83.7 Å². The van der Waals surface area contributed by atoms with Crippen LogP contribution < -0.4 is 5.32 Å². The molecule has 0 unspecified atom stereocenters. The molecule has 4 rings (SSSR count). The molecule has 0 aliphatic heterocycles. The molecule has 1 aliphatic carbocycles. The molecule has 0 spiro atoms. The summed E-state index contributed by atoms with van der Waals surface area (Å²) < 4.78 is 5.44. The predicted molar refractivity (Wildman–Crippen MR) is 106 cm³/mol. The third-order valence-corrected chi connectivity index (χ3v) is 4.63. The maximum atomic E-state index is 12.0. The van der Waals surface area contributed by atoms with Gasteiger partial charge < -0.3 is 15.2 Å². The van der Waals surface area contributed by atoms with Gasteiger partial charge in [-0.25, -0.2) is 9.78 Å². The Labute approximate surface area is 163 Å². The Morgan fingerprint density at radius 2 is 1.71 bits per heavy atom. The Bertz CT molecular complexity index is 1020. The summed E-state index contributed by atoms with van der Waals surface area (Å²) in [6.45, 7) is 0.423. The van der Waals surface area contributed by atoms with Crippen LogP contribution in [0.2, 0.25) is 0 Å². The third-order valence-electron chi connectivity index (χ3n) is 4.63. The standard InChI is InChI=1S/C23H18N2O3/c26-17-12-11-16(25-14-17)6-5-13-24-23(27)28-15-22-20-9-3-1-7-18(20)19-8-2-4-10-21(19)22/h1-4,7-12,14,22,26H,13,15H2,(H,24,27). The maximum absolute atomic E-state index is 12.0. The van der Waals surface area contributed by atoms with Crippen molar-refractivity contribution in [2.45, 2.75) is 5.92 Å². The first kappa shape index (κ1) is 17.6. The van der Waals surface area contributed by atoms with Crippen LogP contribution in [-0.4, -0.2) is 29.3 Å². The smallest absolute Gasteiger partial charge is 0.407 e. The van der Waals surface area contributed by atoms with Crippen molar-refractivity contribution in [1.82, 2.24) is 10.3 Å². The van der Waals surface area contributed by atoms with E-state index in [4.69, 9.17) is 4.74 Å². The lowest BCUT2D eigenvalue weighted by Crippen LogP contribution is -2.26. The highest BCUT2D eigenvalue weighted by atomic mass is 16.5. The molecule has 1 amide bonds. The van der Waals surface area contributed by atoms with Gasteiger partial charge in [-0.05, 0) is 40.3 Å². The minimum absolute atomic E-state index is 0.0328. The number of nitrogens with zero attached hydrogens (tertiary/aromatic N) is 1. The normalized spacial score (nSPS) is 11.7. The van der Waals surface area contributed by atoms with Gasteiger partial charge in [0.1, 0.15) is 18.1 Å². The monoisotopic (exact) mass is 370 g/mol. The molecule has 3 aromatic rings. The van der Waals surface area contributed by atoms with E-state index in [0.29, 0.717) is 5.69 Å². The molecule has 1 aromatic heterocycles. The summed E-state index contributed by atoms with van der Waals surface area (Å²) in [6, 6.07) is 19.5. The van der Waals surface area contributed by atoms with E-state index in [9.17, 15) is 9.90 Å². The van der Waals surface area contributed by atoms with E-state index in [1.807, 2.05) is 24.3 Å². The van der Waals surface area contributed by atoms with Crippen molar-refractivity contribution in [1.29, 1.82) is 0 Å². The van der Waals surface area contributed by atoms with Crippen LogP contribution in [0.4, 0.5) is 4.79 Å². The molecule has 2 N–H and O–H groups in total. The van der Waals surface area contributed by atoms with Crippen LogP contribution in [0.5, 0.6) is 5.75 Å². The molecule has 0 radical (unpaired) electrons. The van der Waals surface area contributed by atoms with Crippen molar-refractivity contribution >= 4 is 6.09 Å². The maximum Gasteiger partial charge on any atom is 0.407 e. The zero-order chi connectivity index (χ0) is 19.3. The molecule has 5 nitrogen and oxygen atoms in total. The van der Waals surface area contributed by atoms with Crippen molar-refractivity contribution < 1.29 is 14.6 Å². The number of benzene rings is 2. The average molecular weight is 370 g/mol. The number of alkyl carbamates (subject to hydrolysis) is 1. The summed E-state index contributed by atoms with van der Waals surface area (Å²) in [5.74, 6) is 5.73. The molecule has 0 saturated heterocycles. The number of hydrogen-bond donors (Lipinski definition) is 2. The highest BCUT2D eigenvalue weighted by molar-refractivity contribution is 5.79. The molecular weight excluding hydrogens is 352 g/mol. The van der Waals surface area contributed by atoms with Gasteiger partial charge in [0.2, 0.25) is 0 Å². The van der Waals surface area contributed by atoms with E-state index in [2.05, 4.69) is 46.4 Å². The molecule has 2 aromatic carbocycles. The number of nitrogens with one attached hydrogen (secondary N) is 1. The fourth-order valence-corrected chi connectivity index (χ4v) is 3.36. The minimum atomic E-state index is -0.505. The quantitative estimate of drug-likeness (QED) is 0.690. The molecule has 138 valence electrons. The number of carbonyl (C=O) groups is 1. The third kappa shape index (κ3) is 3.67. The number of pyridine rings is 1. The zero-order valence-electron chi connectivity index (χ0n) is 15.1. The summed E-state index contributed by atoms with van der Waals surface area (Å²) >= 11 is 0. The zero-order valence-corrected chi connectivity index (χ0v) is 15.1. The van der Waals surface area contributed by atoms with Gasteiger partial charge in [0.25, 0.3) is 0 Å². The predicted octanol–water partition coefficient (Wildman–Crippen LogP) is 3.68. The van der Waals surface area contributed by atoms with Crippen molar-refractivity contribution in [2.24, 2.45) is 0 Å². The van der Waals surface area contributed by atoms with Crippen LogP contribution >= 0.6 is 0 Å². The topological polar surface area (TPSA) is 71.5 Å². The second kappa shape index (κ2) is 7.85. The van der Waals surface area contributed by atoms with Crippen LogP contribution in [0.3, 0.4) is 0 Å². The summed E-state index contributed by atoms with van der Waals surface area (Å²) in [7, 11) is 0. The summed E-state index contributed by atoms with van der Waals surface area (Å²) in [5.41, 5.74) is 5.26. The van der Waals surface area contributed by atoms with Gasteiger partial charge in [0, 0.05) is 5.92 Å². The van der Waals surface area contributed by atoms with Gasteiger partial charge in [-0.15, -0.1) is 0 Å². The van der Waals surface area contributed by atoms with E-state index in [1.165, 1.54) is 34.5 Å². The lowest BCUT2D eigenvalue weighted by atomic mass is 9.98. The van der Waals surface area contributed by atoms with Gasteiger partial charge in [-0.1, -0.05) is 54.5 Å². The molecule has 1 aliphatic rings. The second-order valence-electron chi connectivity index (χ2n) is 6.38. The minimum Gasteiger partial charge on any atom is -0.506 e. The van der Waals surface area contributed by atoms with Crippen molar-refractivity contribution in [2.75, 3.05) is 13.2 Å². The first-order chi connectivity index (χ1) is 13.7. The highest BCUT2D eigenvalue weighted by Crippen LogP contribution is 2.44. The Morgan fingerprint density at radius 3 is 2.36 bits per heavy atom. The SMILES string of the molecule is O=C(NCC#Cc1ccc(O)cn1)OCC1c2ccccc2-c2ccccc21. The number of ether oxygens (including phenoxy) is 1. The highest BCUT2D eigenvalue weighted by Gasteiger charge is 2.28. The fraction of sp³-hybridized carbons (Fsp3) is 0.130. The summed E-state index contributed by atoms with van der Waals surface area (Å²) in [4.78, 5) is 16.0. The van der Waals surface area contributed by atoms with E-state index >= 15 is 0 Å². The lowest BCUT2D eigenvalue weighted by Gasteiger charge is -2.14. The van der Waals surface area contributed by atoms with Gasteiger partial charge in [-0.2, -0.15) is 0 Å². The van der Waals surface area contributed by atoms with Crippen LogP contribution in [-0.2, 0) is 4.74 Å². The molecular formula is C23H18N2O3. The summed E-state index contributed by atoms with van der Waals surface area (Å²) in [5, 5.41) is 11.8. The van der Waals surface area contributed by atoms with Crippen molar-refractivity contribution in [3.8, 4) is 28.7 Å². The molecule has 0 atom stereocenters. The van der Waals surface area contributed by atoms with E-state index in [1.54, 1.807) is 6.07 Å².